The number of carbonyl (C=O) groups is 2. The first-order chi connectivity index (χ1) is 15.0. The highest BCUT2D eigenvalue weighted by Crippen LogP contribution is 2.75. The van der Waals surface area contributed by atoms with Crippen LogP contribution in [0.25, 0.3) is 0 Å². The topological polar surface area (TPSA) is 77.0 Å². The van der Waals surface area contributed by atoms with Crippen molar-refractivity contribution in [2.75, 3.05) is 7.11 Å². The molecule has 1 aliphatic heterocycles. The molecule has 1 amide bonds. The number of thioether (sulfide) groups is 1. The zero-order valence-electron chi connectivity index (χ0n) is 18.3. The van der Waals surface area contributed by atoms with E-state index in [9.17, 15) is 14.0 Å². The zero-order chi connectivity index (χ0) is 23.7. The molecule has 1 heterocycles. The summed E-state index contributed by atoms with van der Waals surface area (Å²) in [5.74, 6) is -2.17. The van der Waals surface area contributed by atoms with E-state index in [1.165, 1.54) is 31.0 Å². The van der Waals surface area contributed by atoms with Gasteiger partial charge < -0.3 is 14.8 Å². The Hall–Kier alpha value is -1.68. The summed E-state index contributed by atoms with van der Waals surface area (Å²) in [7, 11) is 1.26. The lowest BCUT2D eigenvalue weighted by atomic mass is 9.83. The van der Waals surface area contributed by atoms with E-state index in [-0.39, 0.29) is 18.1 Å². The Kier molecular flexibility index (Phi) is 7.24. The molecular weight excluding hydrogens is 506 g/mol. The summed E-state index contributed by atoms with van der Waals surface area (Å²) >= 11 is 4.83. The predicted molar refractivity (Wildman–Crippen MR) is 124 cm³/mol. The number of hydrogen-bond donors (Lipinski definition) is 1. The molecule has 5 unspecified atom stereocenters. The number of halogens is 3. The number of carbonyl (C=O) groups excluding carboxylic acids is 2. The lowest BCUT2D eigenvalue weighted by Crippen LogP contribution is -2.53. The number of nitrogens with one attached hydrogen (secondary N) is 1. The molecule has 0 aromatic rings. The summed E-state index contributed by atoms with van der Waals surface area (Å²) in [6.07, 6.45) is 6.85. The second kappa shape index (κ2) is 9.29. The number of allylic oxidation sites excluding steroid dienone is 5. The Labute approximate surface area is 199 Å². The zero-order valence-corrected chi connectivity index (χ0v) is 20.7. The van der Waals surface area contributed by atoms with Crippen LogP contribution < -0.4 is 5.32 Å². The molecule has 3 aliphatic rings. The number of nitrogens with zero attached hydrogens (tertiary/aromatic N) is 1. The van der Waals surface area contributed by atoms with E-state index in [2.05, 4.69) is 31.0 Å². The minimum Gasteiger partial charge on any atom is -0.466 e. The lowest BCUT2D eigenvalue weighted by Gasteiger charge is -2.35. The fraction of sp³-hybridized carbons (Fsp3) is 0.591. The Morgan fingerprint density at radius 1 is 1.44 bits per heavy atom. The maximum Gasteiger partial charge on any atom is 0.407 e. The summed E-state index contributed by atoms with van der Waals surface area (Å²) in [5.41, 5.74) is -2.67. The van der Waals surface area contributed by atoms with Crippen molar-refractivity contribution in [3.63, 3.8) is 0 Å². The van der Waals surface area contributed by atoms with Gasteiger partial charge in [0.15, 0.2) is 5.67 Å². The van der Waals surface area contributed by atoms with Crippen LogP contribution in [0.3, 0.4) is 0 Å². The minimum atomic E-state index is -2.27. The Morgan fingerprint density at radius 2 is 2.16 bits per heavy atom. The normalized spacial score (nSPS) is 34.1. The van der Waals surface area contributed by atoms with Crippen LogP contribution in [0.1, 0.15) is 33.6 Å². The number of alkyl carbamates (subject to hydrolysis) is 1. The first kappa shape index (κ1) is 25.0. The largest absolute Gasteiger partial charge is 0.466 e. The average Bonchev–Trinajstić information content (AvgIpc) is 2.99. The van der Waals surface area contributed by atoms with Crippen LogP contribution in [0.15, 0.2) is 41.2 Å². The van der Waals surface area contributed by atoms with Crippen molar-refractivity contribution in [3.05, 3.63) is 36.2 Å². The summed E-state index contributed by atoms with van der Waals surface area (Å²) < 4.78 is 41.2. The first-order valence-electron chi connectivity index (χ1n) is 10.3. The molecule has 2 aliphatic carbocycles. The minimum absolute atomic E-state index is 0.185. The van der Waals surface area contributed by atoms with Crippen LogP contribution in [0.5, 0.6) is 0 Å². The number of amides is 1. The van der Waals surface area contributed by atoms with E-state index in [4.69, 9.17) is 4.74 Å². The van der Waals surface area contributed by atoms with Gasteiger partial charge in [0, 0.05) is 17.4 Å². The van der Waals surface area contributed by atoms with Crippen LogP contribution >= 0.6 is 27.7 Å². The fourth-order valence-electron chi connectivity index (χ4n) is 4.57. The van der Waals surface area contributed by atoms with E-state index in [0.717, 1.165) is 6.08 Å². The van der Waals surface area contributed by atoms with E-state index in [1.54, 1.807) is 38.5 Å². The molecule has 10 heteroatoms. The van der Waals surface area contributed by atoms with Gasteiger partial charge in [0.2, 0.25) is 0 Å². The Bertz CT molecular complexity index is 888. The van der Waals surface area contributed by atoms with Crippen molar-refractivity contribution in [2.45, 2.75) is 61.1 Å². The molecule has 0 saturated heterocycles. The van der Waals surface area contributed by atoms with Gasteiger partial charge in [-0.2, -0.15) is 0 Å². The van der Waals surface area contributed by atoms with Crippen molar-refractivity contribution < 1.29 is 27.8 Å². The molecule has 6 nitrogen and oxygen atoms in total. The number of hydrogen-bond acceptors (Lipinski definition) is 6. The molecule has 1 fully saturated rings. The lowest BCUT2D eigenvalue weighted by molar-refractivity contribution is -0.134. The number of fused-ring (bicyclic) bond motifs is 1. The predicted octanol–water partition coefficient (Wildman–Crippen LogP) is 5.00. The average molecular weight is 533 g/mol. The van der Waals surface area contributed by atoms with Gasteiger partial charge in [-0.3, -0.25) is 4.99 Å². The molecule has 6 atom stereocenters. The van der Waals surface area contributed by atoms with Crippen LogP contribution in [-0.2, 0) is 14.3 Å². The van der Waals surface area contributed by atoms with Crippen molar-refractivity contribution in [3.8, 4) is 0 Å². The molecule has 3 rings (SSSR count). The number of methoxy groups -OCH3 is 1. The smallest absolute Gasteiger partial charge is 0.407 e. The molecule has 176 valence electrons. The van der Waals surface area contributed by atoms with Gasteiger partial charge in [-0.25, -0.2) is 18.4 Å². The molecule has 0 radical (unpaired) electrons. The number of esters is 1. The molecule has 0 aromatic carbocycles. The highest BCUT2D eigenvalue weighted by Gasteiger charge is 2.83. The molecule has 0 spiro atoms. The van der Waals surface area contributed by atoms with Gasteiger partial charge in [0.25, 0.3) is 0 Å². The molecule has 1 N–H and O–H groups in total. The monoisotopic (exact) mass is 532 g/mol. The summed E-state index contributed by atoms with van der Waals surface area (Å²) in [6.45, 7) is 5.19. The SMILES string of the molecule is COC(=O)/C=C/CCC1([C@H](NC(=O)OC(C)(C)C)C2SC=NC2Br)C2C=CC=C(F)C21F. The van der Waals surface area contributed by atoms with Gasteiger partial charge in [-0.05, 0) is 39.7 Å². The molecule has 32 heavy (non-hydrogen) atoms. The van der Waals surface area contributed by atoms with E-state index < -0.39 is 51.5 Å². The maximum absolute atomic E-state index is 16.3. The van der Waals surface area contributed by atoms with Crippen LogP contribution in [0.2, 0.25) is 0 Å². The van der Waals surface area contributed by atoms with Crippen LogP contribution in [-0.4, -0.2) is 52.2 Å². The number of ether oxygens (including phenoxy) is 2. The number of rotatable bonds is 7. The Balaban J connectivity index is 1.96. The molecule has 1 saturated carbocycles. The van der Waals surface area contributed by atoms with E-state index in [0.29, 0.717) is 0 Å². The van der Waals surface area contributed by atoms with Crippen molar-refractivity contribution >= 4 is 45.3 Å². The number of aliphatic imine (C=N–C) groups is 1. The number of alkyl halides is 2. The highest BCUT2D eigenvalue weighted by molar-refractivity contribution is 9.09. The van der Waals surface area contributed by atoms with Crippen LogP contribution in [0, 0.1) is 11.3 Å². The second-order valence-corrected chi connectivity index (χ2v) is 10.9. The van der Waals surface area contributed by atoms with Crippen molar-refractivity contribution in [1.29, 1.82) is 0 Å². The van der Waals surface area contributed by atoms with Gasteiger partial charge in [-0.1, -0.05) is 34.2 Å². The Morgan fingerprint density at radius 3 is 2.72 bits per heavy atom. The maximum atomic E-state index is 16.3. The molecular formula is C22H27BrF2N2O4S. The third-order valence-corrected chi connectivity index (χ3v) is 8.14. The van der Waals surface area contributed by atoms with Gasteiger partial charge >= 0.3 is 12.1 Å². The fourth-order valence-corrected chi connectivity index (χ4v) is 6.53. The van der Waals surface area contributed by atoms with Gasteiger partial charge in [-0.15, -0.1) is 11.8 Å². The molecule has 0 aromatic heterocycles. The summed E-state index contributed by atoms with van der Waals surface area (Å²) in [5, 5.41) is 2.45. The summed E-state index contributed by atoms with van der Waals surface area (Å²) in [6, 6.07) is -0.808. The third-order valence-electron chi connectivity index (χ3n) is 5.90. The second-order valence-electron chi connectivity index (χ2n) is 8.95. The van der Waals surface area contributed by atoms with Crippen LogP contribution in [0.4, 0.5) is 13.6 Å². The van der Waals surface area contributed by atoms with Crippen molar-refractivity contribution in [2.24, 2.45) is 16.3 Å². The highest BCUT2D eigenvalue weighted by atomic mass is 79.9. The standard InChI is InChI=1S/C22H27BrF2N2O4S/c1-20(2,3)31-19(29)27-17(16-18(23)26-12-32-16)21(11-6-5-10-15(28)30-4)13-8-7-9-14(24)22(13,21)25/h5,7-10,12-13,16-18H,6,11H2,1-4H3,(H,27,29)/b10-5+/t13?,16?,17-,18?,21?,22?/m1/s1. The summed E-state index contributed by atoms with van der Waals surface area (Å²) in [4.78, 5) is 28.1. The third kappa shape index (κ3) is 4.53. The van der Waals surface area contributed by atoms with E-state index in [1.807, 2.05) is 0 Å². The molecule has 0 bridgehead atoms. The van der Waals surface area contributed by atoms with Crippen molar-refractivity contribution in [1.82, 2.24) is 5.32 Å². The van der Waals surface area contributed by atoms with Gasteiger partial charge in [0.05, 0.1) is 23.9 Å². The quantitative estimate of drug-likeness (QED) is 0.216. The van der Waals surface area contributed by atoms with E-state index >= 15 is 4.39 Å². The van der Waals surface area contributed by atoms with Gasteiger partial charge in [0.1, 0.15) is 16.4 Å². The first-order valence-corrected chi connectivity index (χ1v) is 12.1.